The van der Waals surface area contributed by atoms with Gasteiger partial charge >= 0.3 is 0 Å². The van der Waals surface area contributed by atoms with E-state index in [0.717, 1.165) is 11.3 Å². The van der Waals surface area contributed by atoms with Crippen molar-refractivity contribution in [3.63, 3.8) is 0 Å². The first-order chi connectivity index (χ1) is 9.20. The maximum atomic E-state index is 10.2. The molecule has 2 rings (SSSR count). The first-order valence-electron chi connectivity index (χ1n) is 6.60. The van der Waals surface area contributed by atoms with Gasteiger partial charge in [-0.2, -0.15) is 11.8 Å². The van der Waals surface area contributed by atoms with E-state index >= 15 is 0 Å². The first-order valence-corrected chi connectivity index (χ1v) is 7.99. The Morgan fingerprint density at radius 3 is 2.63 bits per heavy atom. The van der Waals surface area contributed by atoms with E-state index in [1.165, 1.54) is 10.8 Å². The Morgan fingerprint density at radius 2 is 1.89 bits per heavy atom. The van der Waals surface area contributed by atoms with Crippen LogP contribution in [0.2, 0.25) is 0 Å². The van der Waals surface area contributed by atoms with E-state index in [1.54, 1.807) is 0 Å². The van der Waals surface area contributed by atoms with Gasteiger partial charge in [0.05, 0.1) is 6.10 Å². The van der Waals surface area contributed by atoms with Gasteiger partial charge in [0.2, 0.25) is 0 Å². The van der Waals surface area contributed by atoms with Crippen LogP contribution in [0, 0.1) is 0 Å². The Kier molecular flexibility index (Phi) is 5.25. The van der Waals surface area contributed by atoms with Gasteiger partial charge in [0, 0.05) is 18.3 Å². The molecule has 0 bridgehead atoms. The van der Waals surface area contributed by atoms with Gasteiger partial charge in [0.1, 0.15) is 0 Å². The minimum atomic E-state index is -0.450. The Morgan fingerprint density at radius 1 is 1.16 bits per heavy atom. The molecular formula is C16H21NOS. The highest BCUT2D eigenvalue weighted by Gasteiger charge is 2.09. The predicted octanol–water partition coefficient (Wildman–Crippen LogP) is 3.21. The lowest BCUT2D eigenvalue weighted by Gasteiger charge is -2.17. The van der Waals surface area contributed by atoms with Crippen LogP contribution < -0.4 is 5.32 Å². The fourth-order valence-corrected chi connectivity index (χ4v) is 2.77. The van der Waals surface area contributed by atoms with Gasteiger partial charge in [-0.1, -0.05) is 36.4 Å². The van der Waals surface area contributed by atoms with Crippen LogP contribution in [-0.2, 0) is 0 Å². The third kappa shape index (κ3) is 3.96. The molecule has 102 valence electrons. The molecule has 0 aliphatic carbocycles. The second kappa shape index (κ2) is 6.94. The van der Waals surface area contributed by atoms with Crippen molar-refractivity contribution in [2.45, 2.75) is 19.1 Å². The number of rotatable bonds is 6. The van der Waals surface area contributed by atoms with Crippen LogP contribution in [0.3, 0.4) is 0 Å². The van der Waals surface area contributed by atoms with Gasteiger partial charge in [0.25, 0.3) is 0 Å². The molecule has 0 fully saturated rings. The minimum Gasteiger partial charge on any atom is -0.387 e. The van der Waals surface area contributed by atoms with Crippen LogP contribution in [0.1, 0.15) is 18.6 Å². The number of fused-ring (bicyclic) bond motifs is 1. The summed E-state index contributed by atoms with van der Waals surface area (Å²) in [5, 5.41) is 16.0. The van der Waals surface area contributed by atoms with Gasteiger partial charge in [-0.15, -0.1) is 0 Å². The summed E-state index contributed by atoms with van der Waals surface area (Å²) in [6.07, 6.45) is 1.65. The molecule has 0 aliphatic rings. The Labute approximate surface area is 119 Å². The number of hydrogen-bond donors (Lipinski definition) is 2. The van der Waals surface area contributed by atoms with Gasteiger partial charge in [-0.05, 0) is 35.6 Å². The molecule has 0 heterocycles. The van der Waals surface area contributed by atoms with Crippen molar-refractivity contribution in [2.75, 3.05) is 18.6 Å². The van der Waals surface area contributed by atoms with E-state index in [4.69, 9.17) is 0 Å². The second-order valence-corrected chi connectivity index (χ2v) is 5.80. The quantitative estimate of drug-likeness (QED) is 0.849. The SMILES string of the molecule is CSCC(C)NCC(O)c1ccc2ccccc2c1. The second-order valence-electron chi connectivity index (χ2n) is 4.89. The zero-order valence-corrected chi connectivity index (χ0v) is 12.3. The monoisotopic (exact) mass is 275 g/mol. The van der Waals surface area contributed by atoms with Crippen LogP contribution in [0.15, 0.2) is 42.5 Å². The molecule has 2 N–H and O–H groups in total. The number of hydrogen-bond acceptors (Lipinski definition) is 3. The van der Waals surface area contributed by atoms with E-state index in [2.05, 4.69) is 42.8 Å². The fraction of sp³-hybridized carbons (Fsp3) is 0.375. The van der Waals surface area contributed by atoms with Crippen molar-refractivity contribution in [1.82, 2.24) is 5.32 Å². The normalized spacial score (nSPS) is 14.5. The third-order valence-electron chi connectivity index (χ3n) is 3.23. The Balaban J connectivity index is 2.02. The van der Waals surface area contributed by atoms with Gasteiger partial charge < -0.3 is 10.4 Å². The van der Waals surface area contributed by atoms with Crippen LogP contribution in [-0.4, -0.2) is 29.7 Å². The van der Waals surface area contributed by atoms with Crippen molar-refractivity contribution < 1.29 is 5.11 Å². The van der Waals surface area contributed by atoms with Crippen LogP contribution in [0.5, 0.6) is 0 Å². The molecule has 2 aromatic carbocycles. The van der Waals surface area contributed by atoms with E-state index < -0.39 is 6.10 Å². The summed E-state index contributed by atoms with van der Waals surface area (Å²) in [7, 11) is 0. The highest BCUT2D eigenvalue weighted by Crippen LogP contribution is 2.20. The van der Waals surface area contributed by atoms with Gasteiger partial charge in [-0.25, -0.2) is 0 Å². The molecule has 19 heavy (non-hydrogen) atoms. The van der Waals surface area contributed by atoms with E-state index in [1.807, 2.05) is 30.0 Å². The molecule has 0 aromatic heterocycles. The summed E-state index contributed by atoms with van der Waals surface area (Å²) in [6.45, 7) is 2.74. The number of aliphatic hydroxyl groups is 1. The first kappa shape index (κ1) is 14.4. The summed E-state index contributed by atoms with van der Waals surface area (Å²) in [5.74, 6) is 1.06. The van der Waals surface area contributed by atoms with Gasteiger partial charge in [0.15, 0.2) is 0 Å². The molecule has 0 spiro atoms. The highest BCUT2D eigenvalue weighted by molar-refractivity contribution is 7.98. The summed E-state index contributed by atoms with van der Waals surface area (Å²) < 4.78 is 0. The van der Waals surface area contributed by atoms with Crippen LogP contribution in [0.4, 0.5) is 0 Å². The molecule has 2 atom stereocenters. The zero-order valence-electron chi connectivity index (χ0n) is 11.5. The number of nitrogens with one attached hydrogen (secondary N) is 1. The zero-order chi connectivity index (χ0) is 13.7. The van der Waals surface area contributed by atoms with Crippen LogP contribution >= 0.6 is 11.8 Å². The molecule has 2 unspecified atom stereocenters. The number of benzene rings is 2. The van der Waals surface area contributed by atoms with Crippen molar-refractivity contribution in [3.05, 3.63) is 48.0 Å². The van der Waals surface area contributed by atoms with E-state index in [9.17, 15) is 5.11 Å². The minimum absolute atomic E-state index is 0.421. The number of aliphatic hydroxyl groups excluding tert-OH is 1. The average Bonchev–Trinajstić information content (AvgIpc) is 2.44. The van der Waals surface area contributed by atoms with Gasteiger partial charge in [-0.3, -0.25) is 0 Å². The molecule has 2 nitrogen and oxygen atoms in total. The summed E-state index contributed by atoms with van der Waals surface area (Å²) >= 11 is 1.81. The Bertz CT molecular complexity index is 529. The maximum absolute atomic E-state index is 10.2. The van der Waals surface area contributed by atoms with E-state index in [0.29, 0.717) is 12.6 Å². The number of thioether (sulfide) groups is 1. The van der Waals surface area contributed by atoms with E-state index in [-0.39, 0.29) is 0 Å². The molecule has 2 aromatic rings. The van der Waals surface area contributed by atoms with Crippen molar-refractivity contribution in [3.8, 4) is 0 Å². The maximum Gasteiger partial charge on any atom is 0.0914 e. The average molecular weight is 275 g/mol. The van der Waals surface area contributed by atoms with Crippen molar-refractivity contribution in [1.29, 1.82) is 0 Å². The summed E-state index contributed by atoms with van der Waals surface area (Å²) in [6, 6.07) is 14.8. The largest absolute Gasteiger partial charge is 0.387 e. The standard InChI is InChI=1S/C16H21NOS/c1-12(11-19-2)17-10-16(18)15-8-7-13-5-3-4-6-14(13)9-15/h3-9,12,16-18H,10-11H2,1-2H3. The Hall–Kier alpha value is -1.03. The lowest BCUT2D eigenvalue weighted by atomic mass is 10.0. The molecule has 0 radical (unpaired) electrons. The van der Waals surface area contributed by atoms with Crippen molar-refractivity contribution >= 4 is 22.5 Å². The topological polar surface area (TPSA) is 32.3 Å². The fourth-order valence-electron chi connectivity index (χ4n) is 2.15. The third-order valence-corrected chi connectivity index (χ3v) is 4.07. The lowest BCUT2D eigenvalue weighted by Crippen LogP contribution is -2.32. The highest BCUT2D eigenvalue weighted by atomic mass is 32.2. The molecule has 0 saturated carbocycles. The molecular weight excluding hydrogens is 254 g/mol. The molecule has 0 saturated heterocycles. The molecule has 0 aliphatic heterocycles. The summed E-state index contributed by atoms with van der Waals surface area (Å²) in [5.41, 5.74) is 0.975. The van der Waals surface area contributed by atoms with Crippen LogP contribution in [0.25, 0.3) is 10.8 Å². The summed E-state index contributed by atoms with van der Waals surface area (Å²) in [4.78, 5) is 0. The lowest BCUT2D eigenvalue weighted by molar-refractivity contribution is 0.172. The predicted molar refractivity (Wildman–Crippen MR) is 84.8 cm³/mol. The smallest absolute Gasteiger partial charge is 0.0914 e. The van der Waals surface area contributed by atoms with Crippen molar-refractivity contribution in [2.24, 2.45) is 0 Å². The molecule has 0 amide bonds. The molecule has 3 heteroatoms.